The highest BCUT2D eigenvalue weighted by Crippen LogP contribution is 2.29. The van der Waals surface area contributed by atoms with Crippen LogP contribution in [-0.2, 0) is 0 Å². The molecule has 0 radical (unpaired) electrons. The van der Waals surface area contributed by atoms with Gasteiger partial charge < -0.3 is 5.32 Å². The maximum atomic E-state index is 6.11. The van der Waals surface area contributed by atoms with Crippen LogP contribution in [0, 0.1) is 6.92 Å². The zero-order valence-corrected chi connectivity index (χ0v) is 11.9. The Morgan fingerprint density at radius 1 is 1.39 bits per heavy atom. The molecule has 0 aliphatic rings. The summed E-state index contributed by atoms with van der Waals surface area (Å²) in [6.07, 6.45) is 1.61. The van der Waals surface area contributed by atoms with Crippen LogP contribution >= 0.6 is 27.5 Å². The number of hydrazine groups is 1. The van der Waals surface area contributed by atoms with Crippen LogP contribution in [0.4, 0.5) is 17.5 Å². The van der Waals surface area contributed by atoms with Crippen molar-refractivity contribution in [3.63, 3.8) is 0 Å². The summed E-state index contributed by atoms with van der Waals surface area (Å²) >= 11 is 9.47. The molecule has 2 aromatic rings. The minimum Gasteiger partial charge on any atom is -0.338 e. The fourth-order valence-electron chi connectivity index (χ4n) is 1.39. The van der Waals surface area contributed by atoms with Gasteiger partial charge in [0.2, 0.25) is 5.95 Å². The number of nitrogens with one attached hydrogen (secondary N) is 2. The van der Waals surface area contributed by atoms with E-state index in [2.05, 4.69) is 36.6 Å². The highest BCUT2D eigenvalue weighted by molar-refractivity contribution is 9.10. The van der Waals surface area contributed by atoms with Crippen molar-refractivity contribution >= 4 is 45.0 Å². The Morgan fingerprint density at radius 3 is 2.89 bits per heavy atom. The lowest BCUT2D eigenvalue weighted by Gasteiger charge is -2.10. The van der Waals surface area contributed by atoms with E-state index in [4.69, 9.17) is 17.4 Å². The lowest BCUT2D eigenvalue weighted by molar-refractivity contribution is 1.11. The predicted molar refractivity (Wildman–Crippen MR) is 77.0 cm³/mol. The zero-order chi connectivity index (χ0) is 13.1. The van der Waals surface area contributed by atoms with Crippen LogP contribution in [0.2, 0.25) is 5.02 Å². The fraction of sp³-hybridized carbons (Fsp3) is 0.0909. The van der Waals surface area contributed by atoms with Crippen LogP contribution in [-0.4, -0.2) is 9.97 Å². The van der Waals surface area contributed by atoms with E-state index < -0.39 is 0 Å². The fourth-order valence-corrected chi connectivity index (χ4v) is 1.84. The lowest BCUT2D eigenvalue weighted by atomic mass is 10.2. The quantitative estimate of drug-likeness (QED) is 0.596. The molecule has 5 nitrogen and oxygen atoms in total. The van der Waals surface area contributed by atoms with Gasteiger partial charge in [-0.2, -0.15) is 4.98 Å². The maximum Gasteiger partial charge on any atom is 0.239 e. The van der Waals surface area contributed by atoms with E-state index >= 15 is 0 Å². The molecule has 4 N–H and O–H groups in total. The highest BCUT2D eigenvalue weighted by Gasteiger charge is 2.07. The SMILES string of the molecule is Cc1ccc(Cl)c(Nc2nc(NN)ncc2Br)c1. The molecule has 1 aromatic heterocycles. The minimum absolute atomic E-state index is 0.324. The van der Waals surface area contributed by atoms with Gasteiger partial charge in [-0.3, -0.25) is 5.43 Å². The lowest BCUT2D eigenvalue weighted by Crippen LogP contribution is -2.11. The number of hydrogen-bond donors (Lipinski definition) is 3. The topological polar surface area (TPSA) is 75.9 Å². The molecule has 0 aliphatic heterocycles. The Kier molecular flexibility index (Phi) is 4.00. The molecule has 0 bridgehead atoms. The Labute approximate surface area is 118 Å². The summed E-state index contributed by atoms with van der Waals surface area (Å²) in [6, 6.07) is 5.71. The number of anilines is 3. The number of halogens is 2. The van der Waals surface area contributed by atoms with Crippen molar-refractivity contribution in [2.45, 2.75) is 6.92 Å². The molecule has 0 fully saturated rings. The van der Waals surface area contributed by atoms with Gasteiger partial charge in [-0.1, -0.05) is 17.7 Å². The summed E-state index contributed by atoms with van der Waals surface area (Å²) < 4.78 is 0.721. The van der Waals surface area contributed by atoms with Gasteiger partial charge in [0, 0.05) is 6.20 Å². The normalized spacial score (nSPS) is 10.2. The van der Waals surface area contributed by atoms with Gasteiger partial charge in [0.05, 0.1) is 15.2 Å². The van der Waals surface area contributed by atoms with Crippen molar-refractivity contribution < 1.29 is 0 Å². The second kappa shape index (κ2) is 5.51. The number of benzene rings is 1. The molecule has 2 rings (SSSR count). The van der Waals surface area contributed by atoms with Crippen LogP contribution < -0.4 is 16.6 Å². The van der Waals surface area contributed by atoms with E-state index in [0.717, 1.165) is 15.7 Å². The Balaban J connectivity index is 2.36. The Bertz CT molecular complexity index is 575. The van der Waals surface area contributed by atoms with Crippen molar-refractivity contribution in [2.75, 3.05) is 10.7 Å². The molecular weight excluding hydrogens is 318 g/mol. The summed E-state index contributed by atoms with van der Waals surface area (Å²) in [4.78, 5) is 8.16. The van der Waals surface area contributed by atoms with Gasteiger partial charge in [0.15, 0.2) is 0 Å². The number of rotatable bonds is 3. The Morgan fingerprint density at radius 2 is 2.17 bits per heavy atom. The van der Waals surface area contributed by atoms with Gasteiger partial charge in [-0.05, 0) is 40.5 Å². The standard InChI is InChI=1S/C11H11BrClN5/c1-6-2-3-8(13)9(4-6)16-10-7(12)5-15-11(17-10)18-14/h2-5H,14H2,1H3,(H2,15,16,17,18). The third kappa shape index (κ3) is 2.90. The number of hydrogen-bond acceptors (Lipinski definition) is 5. The van der Waals surface area contributed by atoms with Gasteiger partial charge in [0.25, 0.3) is 0 Å². The molecule has 18 heavy (non-hydrogen) atoms. The molecule has 0 unspecified atom stereocenters. The highest BCUT2D eigenvalue weighted by atomic mass is 79.9. The van der Waals surface area contributed by atoms with Crippen molar-refractivity contribution in [1.82, 2.24) is 9.97 Å². The first-order valence-corrected chi connectivity index (χ1v) is 6.29. The summed E-state index contributed by atoms with van der Waals surface area (Å²) in [6.45, 7) is 1.99. The van der Waals surface area contributed by atoms with Crippen molar-refractivity contribution in [1.29, 1.82) is 0 Å². The van der Waals surface area contributed by atoms with Crippen molar-refractivity contribution in [3.8, 4) is 0 Å². The zero-order valence-electron chi connectivity index (χ0n) is 9.54. The molecule has 0 aliphatic carbocycles. The number of aromatic nitrogens is 2. The van der Waals surface area contributed by atoms with E-state index in [0.29, 0.717) is 16.8 Å². The monoisotopic (exact) mass is 327 g/mol. The van der Waals surface area contributed by atoms with Crippen LogP contribution in [0.5, 0.6) is 0 Å². The molecule has 0 saturated carbocycles. The summed E-state index contributed by atoms with van der Waals surface area (Å²) in [7, 11) is 0. The van der Waals surface area contributed by atoms with Crippen molar-refractivity contribution in [2.24, 2.45) is 5.84 Å². The molecule has 0 saturated heterocycles. The van der Waals surface area contributed by atoms with Gasteiger partial charge in [0.1, 0.15) is 5.82 Å². The predicted octanol–water partition coefficient (Wildman–Crippen LogP) is 3.23. The Hall–Kier alpha value is -1.37. The summed E-state index contributed by atoms with van der Waals surface area (Å²) in [5.41, 5.74) is 4.27. The van der Waals surface area contributed by atoms with Crippen molar-refractivity contribution in [3.05, 3.63) is 39.5 Å². The molecule has 0 amide bonds. The van der Waals surface area contributed by atoms with E-state index in [1.165, 1.54) is 0 Å². The molecular formula is C11H11BrClN5. The van der Waals surface area contributed by atoms with Crippen LogP contribution in [0.1, 0.15) is 5.56 Å². The maximum absolute atomic E-state index is 6.11. The molecule has 1 heterocycles. The summed E-state index contributed by atoms with van der Waals surface area (Å²) in [5, 5.41) is 3.75. The van der Waals surface area contributed by atoms with E-state index in [9.17, 15) is 0 Å². The summed E-state index contributed by atoms with van der Waals surface area (Å²) in [5.74, 6) is 6.18. The van der Waals surface area contributed by atoms with E-state index in [1.54, 1.807) is 6.20 Å². The second-order valence-corrected chi connectivity index (χ2v) is 4.90. The minimum atomic E-state index is 0.324. The molecule has 1 aromatic carbocycles. The largest absolute Gasteiger partial charge is 0.338 e. The first-order valence-electron chi connectivity index (χ1n) is 5.12. The van der Waals surface area contributed by atoms with E-state index in [-0.39, 0.29) is 0 Å². The van der Waals surface area contributed by atoms with E-state index in [1.807, 2.05) is 25.1 Å². The smallest absolute Gasteiger partial charge is 0.239 e. The number of nitrogens with zero attached hydrogens (tertiary/aromatic N) is 2. The van der Waals surface area contributed by atoms with Crippen LogP contribution in [0.15, 0.2) is 28.9 Å². The molecule has 0 atom stereocenters. The average molecular weight is 329 g/mol. The van der Waals surface area contributed by atoms with Gasteiger partial charge >= 0.3 is 0 Å². The van der Waals surface area contributed by atoms with Crippen LogP contribution in [0.25, 0.3) is 0 Å². The first-order chi connectivity index (χ1) is 8.60. The average Bonchev–Trinajstić information content (AvgIpc) is 2.36. The number of nitrogen functional groups attached to an aromatic ring is 1. The number of aryl methyl sites for hydroxylation is 1. The molecule has 7 heteroatoms. The van der Waals surface area contributed by atoms with Crippen LogP contribution in [0.3, 0.4) is 0 Å². The molecule has 0 spiro atoms. The third-order valence-electron chi connectivity index (χ3n) is 2.25. The third-order valence-corrected chi connectivity index (χ3v) is 3.16. The van der Waals surface area contributed by atoms with Gasteiger partial charge in [-0.15, -0.1) is 0 Å². The second-order valence-electron chi connectivity index (χ2n) is 3.64. The van der Waals surface area contributed by atoms with Gasteiger partial charge in [-0.25, -0.2) is 10.8 Å². The first kappa shape index (κ1) is 13.1. The molecule has 94 valence electrons. The number of nitrogens with two attached hydrogens (primary N) is 1.